The minimum absolute atomic E-state index is 0.0555. The lowest BCUT2D eigenvalue weighted by molar-refractivity contribution is 0.0926. The smallest absolute Gasteiger partial charge is 0.255 e. The molecule has 0 unspecified atom stereocenters. The summed E-state index contributed by atoms with van der Waals surface area (Å²) in [5, 5.41) is 18.9. The van der Waals surface area contributed by atoms with E-state index in [-0.39, 0.29) is 34.3 Å². The molecule has 1 amide bonds. The number of aryl methyl sites for hydroxylation is 1. The second-order valence-electron chi connectivity index (χ2n) is 10.1. The average Bonchev–Trinajstić information content (AvgIpc) is 3.66. The Labute approximate surface area is 216 Å². The molecule has 1 saturated heterocycles. The summed E-state index contributed by atoms with van der Waals surface area (Å²) < 4.78 is 47.5. The van der Waals surface area contributed by atoms with Crippen molar-refractivity contribution < 1.29 is 18.0 Å². The number of carbonyl (C=O) groups is 1. The number of rotatable bonds is 5. The SMILES string of the molecule is Cn1nnnc1C1CCC(NC(=O)c2cnn3ccc(N4CCC[C@@H]4c4cc(F)ccc4F)c(F)c23)CC1. The van der Waals surface area contributed by atoms with E-state index >= 15 is 4.39 Å². The highest BCUT2D eigenvalue weighted by Crippen LogP contribution is 2.39. The van der Waals surface area contributed by atoms with Crippen LogP contribution in [0.1, 0.15) is 72.2 Å². The Morgan fingerprint density at radius 1 is 1.08 bits per heavy atom. The first kappa shape index (κ1) is 24.4. The van der Waals surface area contributed by atoms with Crippen LogP contribution >= 0.6 is 0 Å². The molecule has 9 nitrogen and oxygen atoms in total. The molecule has 1 atom stereocenters. The van der Waals surface area contributed by atoms with Crippen molar-refractivity contribution in [3.63, 3.8) is 0 Å². The van der Waals surface area contributed by atoms with Crippen LogP contribution in [0.3, 0.4) is 0 Å². The molecule has 0 spiro atoms. The second-order valence-corrected chi connectivity index (χ2v) is 10.1. The van der Waals surface area contributed by atoms with Crippen molar-refractivity contribution in [1.82, 2.24) is 35.1 Å². The normalized spacial score (nSPS) is 21.8. The van der Waals surface area contributed by atoms with E-state index in [1.807, 2.05) is 7.05 Å². The first-order valence-electron chi connectivity index (χ1n) is 12.8. The largest absolute Gasteiger partial charge is 0.362 e. The van der Waals surface area contributed by atoms with Crippen LogP contribution in [-0.2, 0) is 7.05 Å². The molecule has 2 aliphatic rings. The first-order chi connectivity index (χ1) is 18.4. The molecule has 4 aromatic rings. The Kier molecular flexibility index (Phi) is 6.24. The van der Waals surface area contributed by atoms with Crippen LogP contribution in [0, 0.1) is 17.5 Å². The maximum atomic E-state index is 16.0. The summed E-state index contributed by atoms with van der Waals surface area (Å²) in [5.74, 6) is -1.01. The van der Waals surface area contributed by atoms with E-state index in [0.717, 1.165) is 43.6 Å². The highest BCUT2D eigenvalue weighted by molar-refractivity contribution is 6.01. The number of carbonyl (C=O) groups excluding carboxylic acids is 1. The minimum atomic E-state index is -0.614. The van der Waals surface area contributed by atoms with Gasteiger partial charge in [-0.25, -0.2) is 22.4 Å². The molecule has 38 heavy (non-hydrogen) atoms. The zero-order chi connectivity index (χ0) is 26.4. The third kappa shape index (κ3) is 4.27. The molecule has 0 radical (unpaired) electrons. The lowest BCUT2D eigenvalue weighted by Crippen LogP contribution is -2.37. The van der Waals surface area contributed by atoms with E-state index < -0.39 is 29.4 Å². The van der Waals surface area contributed by atoms with Gasteiger partial charge in [-0.2, -0.15) is 5.10 Å². The van der Waals surface area contributed by atoms with Gasteiger partial charge in [0, 0.05) is 37.3 Å². The maximum Gasteiger partial charge on any atom is 0.255 e. The summed E-state index contributed by atoms with van der Waals surface area (Å²) >= 11 is 0. The van der Waals surface area contributed by atoms with Gasteiger partial charge >= 0.3 is 0 Å². The van der Waals surface area contributed by atoms with E-state index in [4.69, 9.17) is 0 Å². The van der Waals surface area contributed by atoms with Gasteiger partial charge in [-0.1, -0.05) is 0 Å². The standard InChI is InChI=1S/C26H27F3N8O/c1-35-25(32-33-34-35)15-4-7-17(8-5-15)31-26(38)19-14-30-37-12-10-22(23(29)24(19)37)36-11-2-3-21(36)18-13-16(27)6-9-20(18)28/h6,9-10,12-15,17,21H,2-5,7-8,11H2,1H3,(H,31,38)/t15?,17?,21-/m1/s1. The van der Waals surface area contributed by atoms with Crippen molar-refractivity contribution in [1.29, 1.82) is 0 Å². The van der Waals surface area contributed by atoms with Gasteiger partial charge in [-0.15, -0.1) is 5.10 Å². The lowest BCUT2D eigenvalue weighted by atomic mass is 9.85. The summed E-state index contributed by atoms with van der Waals surface area (Å²) in [7, 11) is 1.82. The van der Waals surface area contributed by atoms with Crippen LogP contribution in [-0.4, -0.2) is 48.3 Å². The van der Waals surface area contributed by atoms with Crippen molar-refractivity contribution >= 4 is 17.1 Å². The topological polar surface area (TPSA) is 93.2 Å². The van der Waals surface area contributed by atoms with Crippen LogP contribution in [0.2, 0.25) is 0 Å². The molecule has 1 N–H and O–H groups in total. The van der Waals surface area contributed by atoms with Gasteiger partial charge in [0.05, 0.1) is 23.5 Å². The van der Waals surface area contributed by atoms with Crippen LogP contribution in [0.15, 0.2) is 36.7 Å². The summed E-state index contributed by atoms with van der Waals surface area (Å²) in [6.07, 6.45) is 7.38. The number of nitrogens with zero attached hydrogens (tertiary/aromatic N) is 7. The van der Waals surface area contributed by atoms with Crippen molar-refractivity contribution in [3.8, 4) is 0 Å². The zero-order valence-corrected chi connectivity index (χ0v) is 20.8. The van der Waals surface area contributed by atoms with Crippen LogP contribution in [0.4, 0.5) is 18.9 Å². The number of pyridine rings is 1. The van der Waals surface area contributed by atoms with Gasteiger partial charge in [-0.3, -0.25) is 4.79 Å². The van der Waals surface area contributed by atoms with Gasteiger partial charge in [-0.05, 0) is 73.2 Å². The summed E-state index contributed by atoms with van der Waals surface area (Å²) in [4.78, 5) is 15.0. The zero-order valence-electron chi connectivity index (χ0n) is 20.8. The Balaban J connectivity index is 1.23. The van der Waals surface area contributed by atoms with E-state index in [0.29, 0.717) is 19.4 Å². The Morgan fingerprint density at radius 2 is 1.89 bits per heavy atom. The maximum absolute atomic E-state index is 16.0. The van der Waals surface area contributed by atoms with Crippen molar-refractivity contribution in [2.24, 2.45) is 7.05 Å². The Bertz CT molecular complexity index is 1490. The molecular weight excluding hydrogens is 497 g/mol. The third-order valence-corrected chi connectivity index (χ3v) is 7.81. The number of hydrogen-bond donors (Lipinski definition) is 1. The van der Waals surface area contributed by atoms with E-state index in [2.05, 4.69) is 25.9 Å². The molecule has 1 saturated carbocycles. The molecule has 0 bridgehead atoms. The number of hydrogen-bond acceptors (Lipinski definition) is 6. The van der Waals surface area contributed by atoms with Gasteiger partial charge in [0.1, 0.15) is 17.2 Å². The molecule has 4 heterocycles. The number of fused-ring (bicyclic) bond motifs is 1. The van der Waals surface area contributed by atoms with Crippen LogP contribution in [0.25, 0.3) is 5.52 Å². The molecule has 6 rings (SSSR count). The van der Waals surface area contributed by atoms with Crippen LogP contribution < -0.4 is 10.2 Å². The van der Waals surface area contributed by atoms with Gasteiger partial charge < -0.3 is 10.2 Å². The highest BCUT2D eigenvalue weighted by Gasteiger charge is 2.32. The molecule has 198 valence electrons. The first-order valence-corrected chi connectivity index (χ1v) is 12.8. The number of aromatic nitrogens is 6. The van der Waals surface area contributed by atoms with E-state index in [1.165, 1.54) is 16.8 Å². The fourth-order valence-electron chi connectivity index (χ4n) is 5.91. The summed E-state index contributed by atoms with van der Waals surface area (Å²) in [5.41, 5.74) is 0.623. The number of benzene rings is 1. The van der Waals surface area contributed by atoms with Crippen LogP contribution in [0.5, 0.6) is 0 Å². The number of halogens is 3. The summed E-state index contributed by atoms with van der Waals surface area (Å²) in [6.45, 7) is 0.480. The minimum Gasteiger partial charge on any atom is -0.362 e. The average molecular weight is 525 g/mol. The molecule has 12 heteroatoms. The van der Waals surface area contributed by atoms with Gasteiger partial charge in [0.25, 0.3) is 5.91 Å². The monoisotopic (exact) mass is 524 g/mol. The molecule has 1 aromatic carbocycles. The molecule has 1 aliphatic heterocycles. The van der Waals surface area contributed by atoms with E-state index in [9.17, 15) is 13.6 Å². The highest BCUT2D eigenvalue weighted by atomic mass is 19.1. The Morgan fingerprint density at radius 3 is 2.66 bits per heavy atom. The quantitative estimate of drug-likeness (QED) is 0.423. The summed E-state index contributed by atoms with van der Waals surface area (Å²) in [6, 6.07) is 4.33. The molecule has 1 aliphatic carbocycles. The van der Waals surface area contributed by atoms with Gasteiger partial charge in [0.15, 0.2) is 11.6 Å². The number of nitrogens with one attached hydrogen (secondary N) is 1. The fraction of sp³-hybridized carbons (Fsp3) is 0.423. The van der Waals surface area contributed by atoms with Crippen molar-refractivity contribution in [2.45, 2.75) is 56.5 Å². The molecule has 3 aromatic heterocycles. The number of amides is 1. The van der Waals surface area contributed by atoms with Gasteiger partial charge in [0.2, 0.25) is 0 Å². The molecular formula is C26H27F3N8O. The lowest BCUT2D eigenvalue weighted by Gasteiger charge is -2.28. The Hall–Kier alpha value is -3.96. The predicted octanol–water partition coefficient (Wildman–Crippen LogP) is 4.07. The predicted molar refractivity (Wildman–Crippen MR) is 132 cm³/mol. The second kappa shape index (κ2) is 9.73. The third-order valence-electron chi connectivity index (χ3n) is 7.81. The fourth-order valence-corrected chi connectivity index (χ4v) is 5.91. The van der Waals surface area contributed by atoms with E-state index in [1.54, 1.807) is 21.8 Å². The van der Waals surface area contributed by atoms with Crippen molar-refractivity contribution in [2.75, 3.05) is 11.4 Å². The number of tetrazole rings is 1. The number of anilines is 1. The van der Waals surface area contributed by atoms with Crippen molar-refractivity contribution in [3.05, 3.63) is 71.1 Å². The molecule has 2 fully saturated rings.